The lowest BCUT2D eigenvalue weighted by molar-refractivity contribution is -0.384. The van der Waals surface area contributed by atoms with Gasteiger partial charge in [0.05, 0.1) is 9.40 Å². The van der Waals surface area contributed by atoms with E-state index in [1.807, 2.05) is 0 Å². The third kappa shape index (κ3) is 4.49. The van der Waals surface area contributed by atoms with E-state index < -0.39 is 22.8 Å². The fourth-order valence-electron chi connectivity index (χ4n) is 1.76. The lowest BCUT2D eigenvalue weighted by atomic mass is 10.2. The fourth-order valence-corrected chi connectivity index (χ4v) is 2.20. The third-order valence-electron chi connectivity index (χ3n) is 2.89. The summed E-state index contributed by atoms with van der Waals surface area (Å²) in [6, 6.07) is 9.41. The summed E-state index contributed by atoms with van der Waals surface area (Å²) in [5.41, 5.74) is 0.162. The van der Waals surface area contributed by atoms with E-state index in [1.54, 1.807) is 0 Å². The smallest absolute Gasteiger partial charge is 0.271 e. The van der Waals surface area contributed by atoms with Gasteiger partial charge in [-0.1, -0.05) is 6.07 Å². The van der Waals surface area contributed by atoms with Crippen molar-refractivity contribution >= 4 is 33.2 Å². The Balaban J connectivity index is 2.05. The van der Waals surface area contributed by atoms with E-state index >= 15 is 0 Å². The van der Waals surface area contributed by atoms with Gasteiger partial charge in [0.2, 0.25) is 0 Å². The highest BCUT2D eigenvalue weighted by Gasteiger charge is 2.17. The van der Waals surface area contributed by atoms with Crippen LogP contribution in [0.15, 0.2) is 46.9 Å². The topological polar surface area (TPSA) is 81.5 Å². The zero-order valence-electron chi connectivity index (χ0n) is 12.0. The van der Waals surface area contributed by atoms with Crippen LogP contribution in [-0.4, -0.2) is 16.9 Å². The van der Waals surface area contributed by atoms with Gasteiger partial charge in [-0.2, -0.15) is 0 Å². The van der Waals surface area contributed by atoms with E-state index in [9.17, 15) is 19.3 Å². The maximum atomic E-state index is 13.0. The molecule has 23 heavy (non-hydrogen) atoms. The second-order valence-corrected chi connectivity index (χ2v) is 5.49. The Bertz CT molecular complexity index is 754. The SMILES string of the molecule is CC(Oc1ccc(F)cc1Br)C(=O)Nc1cccc([N+](=O)[O-])c1. The number of nitro groups is 1. The standard InChI is InChI=1S/C15H12BrFN2O4/c1-9(23-14-6-5-10(17)7-13(14)16)15(20)18-11-3-2-4-12(8-11)19(21)22/h2-9H,1H3,(H,18,20). The number of nitro benzene ring substituents is 1. The Labute approximate surface area is 139 Å². The average Bonchev–Trinajstić information content (AvgIpc) is 2.50. The molecule has 1 atom stereocenters. The Morgan fingerprint density at radius 1 is 1.35 bits per heavy atom. The molecule has 0 aliphatic rings. The van der Waals surface area contributed by atoms with E-state index in [0.29, 0.717) is 10.2 Å². The molecule has 0 saturated heterocycles. The molecule has 0 spiro atoms. The molecule has 1 N–H and O–H groups in total. The molecule has 0 aliphatic heterocycles. The van der Waals surface area contributed by atoms with Gasteiger partial charge >= 0.3 is 0 Å². The van der Waals surface area contributed by atoms with Gasteiger partial charge in [-0.15, -0.1) is 0 Å². The number of amides is 1. The fraction of sp³-hybridized carbons (Fsp3) is 0.133. The van der Waals surface area contributed by atoms with Gasteiger partial charge in [0.25, 0.3) is 11.6 Å². The summed E-state index contributed by atoms with van der Waals surface area (Å²) in [4.78, 5) is 22.2. The summed E-state index contributed by atoms with van der Waals surface area (Å²) in [6.07, 6.45) is -0.879. The molecule has 120 valence electrons. The first-order chi connectivity index (χ1) is 10.9. The first-order valence-electron chi connectivity index (χ1n) is 6.54. The molecule has 0 bridgehead atoms. The van der Waals surface area contributed by atoms with Gasteiger partial charge in [0.15, 0.2) is 6.10 Å². The van der Waals surface area contributed by atoms with Crippen LogP contribution in [-0.2, 0) is 4.79 Å². The summed E-state index contributed by atoms with van der Waals surface area (Å²) in [5.74, 6) is -0.604. The number of carbonyl (C=O) groups is 1. The number of nitrogens with zero attached hydrogens (tertiary/aromatic N) is 1. The molecule has 0 saturated carbocycles. The van der Waals surface area contributed by atoms with Crippen molar-refractivity contribution in [3.05, 3.63) is 62.9 Å². The largest absolute Gasteiger partial charge is 0.480 e. The number of rotatable bonds is 5. The second kappa shape index (κ2) is 7.19. The Morgan fingerprint density at radius 2 is 2.09 bits per heavy atom. The van der Waals surface area contributed by atoms with Crippen molar-refractivity contribution in [3.8, 4) is 5.75 Å². The maximum Gasteiger partial charge on any atom is 0.271 e. The number of benzene rings is 2. The van der Waals surface area contributed by atoms with Crippen molar-refractivity contribution in [2.75, 3.05) is 5.32 Å². The molecule has 0 fully saturated rings. The predicted molar refractivity (Wildman–Crippen MR) is 85.9 cm³/mol. The molecule has 8 heteroatoms. The minimum atomic E-state index is -0.879. The van der Waals surface area contributed by atoms with Crippen molar-refractivity contribution < 1.29 is 18.8 Å². The summed E-state index contributed by atoms with van der Waals surface area (Å²) in [5, 5.41) is 13.2. The van der Waals surface area contributed by atoms with Gasteiger partial charge in [-0.05, 0) is 47.1 Å². The highest BCUT2D eigenvalue weighted by atomic mass is 79.9. The van der Waals surface area contributed by atoms with Crippen molar-refractivity contribution in [1.29, 1.82) is 0 Å². The number of non-ortho nitro benzene ring substituents is 1. The maximum absolute atomic E-state index is 13.0. The van der Waals surface area contributed by atoms with Gasteiger partial charge in [0.1, 0.15) is 11.6 Å². The number of hydrogen-bond acceptors (Lipinski definition) is 4. The highest BCUT2D eigenvalue weighted by Crippen LogP contribution is 2.26. The van der Waals surface area contributed by atoms with Crippen LogP contribution in [0.25, 0.3) is 0 Å². The monoisotopic (exact) mass is 382 g/mol. The molecule has 1 unspecified atom stereocenters. The molecular formula is C15H12BrFN2O4. The van der Waals surface area contributed by atoms with Crippen LogP contribution >= 0.6 is 15.9 Å². The number of anilines is 1. The Kier molecular flexibility index (Phi) is 5.28. The minimum Gasteiger partial charge on any atom is -0.480 e. The minimum absolute atomic E-state index is 0.127. The van der Waals surface area contributed by atoms with Crippen LogP contribution < -0.4 is 10.1 Å². The van der Waals surface area contributed by atoms with Crippen molar-refractivity contribution in [2.45, 2.75) is 13.0 Å². The molecule has 2 rings (SSSR count). The van der Waals surface area contributed by atoms with Crippen LogP contribution in [0.1, 0.15) is 6.92 Å². The van der Waals surface area contributed by atoms with Gasteiger partial charge in [-0.25, -0.2) is 4.39 Å². The van der Waals surface area contributed by atoms with Crippen LogP contribution in [0.3, 0.4) is 0 Å². The lowest BCUT2D eigenvalue weighted by Crippen LogP contribution is -2.30. The molecule has 0 aromatic heterocycles. The number of carbonyl (C=O) groups excluding carboxylic acids is 1. The zero-order valence-corrected chi connectivity index (χ0v) is 13.5. The Hall–Kier alpha value is -2.48. The lowest BCUT2D eigenvalue weighted by Gasteiger charge is -2.15. The number of ether oxygens (including phenoxy) is 1. The zero-order chi connectivity index (χ0) is 17.0. The first-order valence-corrected chi connectivity index (χ1v) is 7.33. The van der Waals surface area contributed by atoms with Crippen LogP contribution in [0.5, 0.6) is 5.75 Å². The van der Waals surface area contributed by atoms with E-state index in [1.165, 1.54) is 49.4 Å². The molecule has 0 heterocycles. The van der Waals surface area contributed by atoms with Crippen molar-refractivity contribution in [2.24, 2.45) is 0 Å². The van der Waals surface area contributed by atoms with Crippen molar-refractivity contribution in [1.82, 2.24) is 0 Å². The molecule has 0 radical (unpaired) electrons. The van der Waals surface area contributed by atoms with Crippen LogP contribution in [0.2, 0.25) is 0 Å². The van der Waals surface area contributed by atoms with E-state index in [-0.39, 0.29) is 11.4 Å². The summed E-state index contributed by atoms with van der Waals surface area (Å²) in [6.45, 7) is 1.52. The molecule has 6 nitrogen and oxygen atoms in total. The highest BCUT2D eigenvalue weighted by molar-refractivity contribution is 9.10. The first kappa shape index (κ1) is 16.9. The van der Waals surface area contributed by atoms with Gasteiger partial charge in [0, 0.05) is 17.8 Å². The summed E-state index contributed by atoms with van der Waals surface area (Å²) >= 11 is 3.15. The predicted octanol–water partition coefficient (Wildman–Crippen LogP) is 3.90. The third-order valence-corrected chi connectivity index (χ3v) is 3.51. The molecule has 0 aliphatic carbocycles. The molecular weight excluding hydrogens is 371 g/mol. The second-order valence-electron chi connectivity index (χ2n) is 4.63. The van der Waals surface area contributed by atoms with Crippen molar-refractivity contribution in [3.63, 3.8) is 0 Å². The quantitative estimate of drug-likeness (QED) is 0.627. The number of hydrogen-bond donors (Lipinski definition) is 1. The van der Waals surface area contributed by atoms with Gasteiger partial charge < -0.3 is 10.1 Å². The average molecular weight is 383 g/mol. The molecule has 1 amide bonds. The number of halogens is 2. The molecule has 2 aromatic rings. The number of nitrogens with one attached hydrogen (secondary N) is 1. The van der Waals surface area contributed by atoms with Crippen LogP contribution in [0, 0.1) is 15.9 Å². The molecule has 2 aromatic carbocycles. The van der Waals surface area contributed by atoms with E-state index in [2.05, 4.69) is 21.2 Å². The summed E-state index contributed by atoms with van der Waals surface area (Å²) in [7, 11) is 0. The van der Waals surface area contributed by atoms with E-state index in [0.717, 1.165) is 0 Å². The normalized spacial score (nSPS) is 11.6. The van der Waals surface area contributed by atoms with Crippen LogP contribution in [0.4, 0.5) is 15.8 Å². The van der Waals surface area contributed by atoms with Gasteiger partial charge in [-0.3, -0.25) is 14.9 Å². The summed E-state index contributed by atoms with van der Waals surface area (Å²) < 4.78 is 18.8. The Morgan fingerprint density at radius 3 is 2.74 bits per heavy atom. The van der Waals surface area contributed by atoms with E-state index in [4.69, 9.17) is 4.74 Å².